The van der Waals surface area contributed by atoms with Gasteiger partial charge in [-0.3, -0.25) is 0 Å². The Morgan fingerprint density at radius 1 is 1.00 bits per heavy atom. The van der Waals surface area contributed by atoms with Crippen molar-refractivity contribution >= 4 is 11.0 Å². The van der Waals surface area contributed by atoms with E-state index in [0.717, 1.165) is 11.3 Å². The lowest BCUT2D eigenvalue weighted by molar-refractivity contribution is 0.511. The Labute approximate surface area is 116 Å². The molecule has 0 amide bonds. The summed E-state index contributed by atoms with van der Waals surface area (Å²) in [4.78, 5) is 0. The number of furan rings is 1. The zero-order chi connectivity index (χ0) is 14.4. The average molecular weight is 259 g/mol. The third-order valence-electron chi connectivity index (χ3n) is 3.56. The van der Waals surface area contributed by atoms with Crippen LogP contribution in [0.15, 0.2) is 22.6 Å². The maximum absolute atomic E-state index is 5.92. The van der Waals surface area contributed by atoms with Gasteiger partial charge in [-0.1, -0.05) is 47.6 Å². The summed E-state index contributed by atoms with van der Waals surface area (Å²) in [7, 11) is 0. The molecule has 2 heteroatoms. The van der Waals surface area contributed by atoms with Gasteiger partial charge < -0.3 is 10.2 Å². The van der Waals surface area contributed by atoms with Gasteiger partial charge in [0.15, 0.2) is 0 Å². The minimum Gasteiger partial charge on any atom is -0.459 e. The molecule has 0 aliphatic heterocycles. The molecule has 0 saturated heterocycles. The summed E-state index contributed by atoms with van der Waals surface area (Å²) in [6.07, 6.45) is 0. The fourth-order valence-corrected chi connectivity index (χ4v) is 2.58. The third kappa shape index (κ3) is 2.55. The predicted octanol–water partition coefficient (Wildman–Crippen LogP) is 4.49. The van der Waals surface area contributed by atoms with Crippen LogP contribution >= 0.6 is 0 Å². The van der Waals surface area contributed by atoms with Crippen LogP contribution in [0.4, 0.5) is 0 Å². The largest absolute Gasteiger partial charge is 0.459 e. The van der Waals surface area contributed by atoms with E-state index in [1.165, 1.54) is 16.5 Å². The van der Waals surface area contributed by atoms with Crippen molar-refractivity contribution in [2.24, 2.45) is 5.73 Å². The predicted molar refractivity (Wildman–Crippen MR) is 81.5 cm³/mol. The van der Waals surface area contributed by atoms with E-state index in [-0.39, 0.29) is 10.8 Å². The number of rotatable bonds is 1. The quantitative estimate of drug-likeness (QED) is 0.819. The first-order chi connectivity index (χ1) is 8.64. The average Bonchev–Trinajstić information content (AvgIpc) is 2.64. The lowest BCUT2D eigenvalue weighted by atomic mass is 9.82. The molecule has 0 spiro atoms. The molecule has 2 nitrogen and oxygen atoms in total. The van der Waals surface area contributed by atoms with E-state index in [2.05, 4.69) is 59.7 Å². The summed E-state index contributed by atoms with van der Waals surface area (Å²) < 4.78 is 5.92. The minimum absolute atomic E-state index is 0.0382. The van der Waals surface area contributed by atoms with Gasteiger partial charge in [0.2, 0.25) is 0 Å². The Balaban J connectivity index is 2.77. The van der Waals surface area contributed by atoms with Crippen LogP contribution in [0.25, 0.3) is 11.0 Å². The van der Waals surface area contributed by atoms with Crippen molar-refractivity contribution in [3.05, 3.63) is 35.1 Å². The Kier molecular flexibility index (Phi) is 3.26. The van der Waals surface area contributed by atoms with Crippen LogP contribution in [0.5, 0.6) is 0 Å². The zero-order valence-electron chi connectivity index (χ0n) is 12.9. The summed E-state index contributed by atoms with van der Waals surface area (Å²) in [5.41, 5.74) is 9.54. The Morgan fingerprint density at radius 2 is 1.63 bits per heavy atom. The van der Waals surface area contributed by atoms with Crippen LogP contribution in [0.1, 0.15) is 58.4 Å². The smallest absolute Gasteiger partial charge is 0.134 e. The SMILES string of the molecule is CC(C)(C)c1ccc2oc(CN)c(C(C)(C)C)c2c1. The van der Waals surface area contributed by atoms with Crippen LogP contribution < -0.4 is 5.73 Å². The van der Waals surface area contributed by atoms with Crippen LogP contribution in [-0.4, -0.2) is 0 Å². The molecule has 1 heterocycles. The standard InChI is InChI=1S/C17H25NO/c1-16(2,3)11-7-8-13-12(9-11)15(17(4,5)6)14(10-18)19-13/h7-9H,10,18H2,1-6H3. The molecule has 1 aromatic carbocycles. The van der Waals surface area contributed by atoms with Crippen molar-refractivity contribution in [3.63, 3.8) is 0 Å². The highest BCUT2D eigenvalue weighted by atomic mass is 16.3. The van der Waals surface area contributed by atoms with Crippen molar-refractivity contribution in [2.75, 3.05) is 0 Å². The topological polar surface area (TPSA) is 39.2 Å². The fraction of sp³-hybridized carbons (Fsp3) is 0.529. The monoisotopic (exact) mass is 259 g/mol. The van der Waals surface area contributed by atoms with Crippen molar-refractivity contribution < 1.29 is 4.42 Å². The molecule has 0 radical (unpaired) electrons. The number of hydrogen-bond donors (Lipinski definition) is 1. The van der Waals surface area contributed by atoms with Crippen molar-refractivity contribution in [1.29, 1.82) is 0 Å². The van der Waals surface area contributed by atoms with E-state index in [1.54, 1.807) is 0 Å². The molecular weight excluding hydrogens is 234 g/mol. The molecule has 2 N–H and O–H groups in total. The van der Waals surface area contributed by atoms with E-state index in [1.807, 2.05) is 0 Å². The highest BCUT2D eigenvalue weighted by molar-refractivity contribution is 5.84. The number of nitrogens with two attached hydrogens (primary N) is 1. The van der Waals surface area contributed by atoms with Gasteiger partial charge in [-0.25, -0.2) is 0 Å². The molecule has 2 rings (SSSR count). The van der Waals surface area contributed by atoms with Crippen LogP contribution in [0.3, 0.4) is 0 Å². The highest BCUT2D eigenvalue weighted by Gasteiger charge is 2.25. The molecule has 0 unspecified atom stereocenters. The maximum atomic E-state index is 5.92. The van der Waals surface area contributed by atoms with E-state index in [9.17, 15) is 0 Å². The second-order valence-electron chi connectivity index (χ2n) is 7.32. The van der Waals surface area contributed by atoms with E-state index < -0.39 is 0 Å². The first kappa shape index (κ1) is 14.1. The van der Waals surface area contributed by atoms with Crippen molar-refractivity contribution in [3.8, 4) is 0 Å². The van der Waals surface area contributed by atoms with E-state index in [0.29, 0.717) is 6.54 Å². The summed E-state index contributed by atoms with van der Waals surface area (Å²) in [6.45, 7) is 13.8. The van der Waals surface area contributed by atoms with Crippen molar-refractivity contribution in [1.82, 2.24) is 0 Å². The van der Waals surface area contributed by atoms with Gasteiger partial charge in [-0.15, -0.1) is 0 Å². The summed E-state index contributed by atoms with van der Waals surface area (Å²) in [6, 6.07) is 6.49. The third-order valence-corrected chi connectivity index (χ3v) is 3.56. The van der Waals surface area contributed by atoms with Gasteiger partial charge in [-0.2, -0.15) is 0 Å². The number of hydrogen-bond acceptors (Lipinski definition) is 2. The number of fused-ring (bicyclic) bond motifs is 1. The van der Waals surface area contributed by atoms with E-state index in [4.69, 9.17) is 10.2 Å². The Morgan fingerprint density at radius 3 is 2.11 bits per heavy atom. The number of benzene rings is 1. The first-order valence-corrected chi connectivity index (χ1v) is 6.91. The van der Waals surface area contributed by atoms with E-state index >= 15 is 0 Å². The van der Waals surface area contributed by atoms with Crippen molar-refractivity contribution in [2.45, 2.75) is 58.9 Å². The summed E-state index contributed by atoms with van der Waals surface area (Å²) in [5, 5.41) is 1.21. The van der Waals surface area contributed by atoms with Crippen LogP contribution in [0, 0.1) is 0 Å². The molecule has 2 aromatic rings. The lowest BCUT2D eigenvalue weighted by Gasteiger charge is -2.21. The van der Waals surface area contributed by atoms with Gasteiger partial charge >= 0.3 is 0 Å². The van der Waals surface area contributed by atoms with Gasteiger partial charge in [0, 0.05) is 10.9 Å². The molecule has 0 bridgehead atoms. The van der Waals surface area contributed by atoms with Crippen LogP contribution in [0.2, 0.25) is 0 Å². The van der Waals surface area contributed by atoms with Gasteiger partial charge in [-0.05, 0) is 28.5 Å². The lowest BCUT2D eigenvalue weighted by Crippen LogP contribution is -2.15. The molecule has 0 aliphatic carbocycles. The minimum atomic E-state index is 0.0382. The fourth-order valence-electron chi connectivity index (χ4n) is 2.58. The highest BCUT2D eigenvalue weighted by Crippen LogP contribution is 2.37. The maximum Gasteiger partial charge on any atom is 0.134 e. The molecule has 0 fully saturated rings. The molecule has 0 saturated carbocycles. The molecule has 1 aromatic heterocycles. The van der Waals surface area contributed by atoms with Gasteiger partial charge in [0.25, 0.3) is 0 Å². The van der Waals surface area contributed by atoms with Gasteiger partial charge in [0.05, 0.1) is 6.54 Å². The summed E-state index contributed by atoms with van der Waals surface area (Å²) >= 11 is 0. The van der Waals surface area contributed by atoms with Crippen LogP contribution in [-0.2, 0) is 17.4 Å². The van der Waals surface area contributed by atoms with Gasteiger partial charge in [0.1, 0.15) is 11.3 Å². The molecule has 0 aliphatic rings. The molecule has 19 heavy (non-hydrogen) atoms. The molecule has 0 atom stereocenters. The zero-order valence-corrected chi connectivity index (χ0v) is 12.9. The first-order valence-electron chi connectivity index (χ1n) is 6.91. The summed E-state index contributed by atoms with van der Waals surface area (Å²) in [5.74, 6) is 0.911. The Hall–Kier alpha value is -1.28. The second-order valence-corrected chi connectivity index (χ2v) is 7.32. The normalized spacial score (nSPS) is 13.2. The molecule has 104 valence electrons. The Bertz CT molecular complexity index is 594. The second kappa shape index (κ2) is 4.38. The molecular formula is C17H25NO.